The molecule has 1 unspecified atom stereocenters. The Morgan fingerprint density at radius 2 is 1.81 bits per heavy atom. The van der Waals surface area contributed by atoms with Crippen molar-refractivity contribution < 1.29 is 9.90 Å². The Morgan fingerprint density at radius 1 is 1.25 bits per heavy atom. The van der Waals surface area contributed by atoms with Gasteiger partial charge >= 0.3 is 5.97 Å². The highest BCUT2D eigenvalue weighted by atomic mass is 32.2. The fraction of sp³-hybridized carbons (Fsp3) is 0.923. The van der Waals surface area contributed by atoms with E-state index in [4.69, 9.17) is 0 Å². The van der Waals surface area contributed by atoms with Crippen LogP contribution in [0.15, 0.2) is 0 Å². The van der Waals surface area contributed by atoms with Crippen molar-refractivity contribution in [2.75, 3.05) is 0 Å². The molecule has 0 radical (unpaired) electrons. The number of carboxylic acids is 1. The maximum Gasteiger partial charge on any atom is 0.319 e. The fourth-order valence-electron chi connectivity index (χ4n) is 1.80. The summed E-state index contributed by atoms with van der Waals surface area (Å²) in [5, 5.41) is 9.64. The summed E-state index contributed by atoms with van der Waals surface area (Å²) in [4.78, 5) is 11.3. The van der Waals surface area contributed by atoms with Gasteiger partial charge in [-0.3, -0.25) is 4.79 Å². The predicted molar refractivity (Wildman–Crippen MR) is 72.1 cm³/mol. The van der Waals surface area contributed by atoms with Crippen molar-refractivity contribution >= 4 is 17.7 Å². The lowest BCUT2D eigenvalue weighted by Gasteiger charge is -2.26. The SMILES string of the molecule is CCCCCCCC(C)(SC(C)C)C(=O)O. The Morgan fingerprint density at radius 3 is 2.25 bits per heavy atom. The van der Waals surface area contributed by atoms with Crippen LogP contribution in [-0.4, -0.2) is 21.1 Å². The highest BCUT2D eigenvalue weighted by Crippen LogP contribution is 2.34. The summed E-state index contributed by atoms with van der Waals surface area (Å²) in [6, 6.07) is 0. The summed E-state index contributed by atoms with van der Waals surface area (Å²) in [5.74, 6) is -0.665. The number of hydrogen-bond donors (Lipinski definition) is 1. The average molecular weight is 246 g/mol. The summed E-state index contributed by atoms with van der Waals surface area (Å²) >= 11 is 1.57. The lowest BCUT2D eigenvalue weighted by atomic mass is 10.0. The van der Waals surface area contributed by atoms with Crippen LogP contribution in [0.25, 0.3) is 0 Å². The van der Waals surface area contributed by atoms with Gasteiger partial charge in [0.25, 0.3) is 0 Å². The first-order valence-electron chi connectivity index (χ1n) is 6.33. The zero-order valence-electron chi connectivity index (χ0n) is 11.1. The molecule has 0 heterocycles. The van der Waals surface area contributed by atoms with E-state index in [1.165, 1.54) is 19.3 Å². The van der Waals surface area contributed by atoms with E-state index in [0.29, 0.717) is 5.25 Å². The third-order valence-electron chi connectivity index (χ3n) is 2.71. The van der Waals surface area contributed by atoms with E-state index in [2.05, 4.69) is 20.8 Å². The quantitative estimate of drug-likeness (QED) is 0.615. The molecule has 96 valence electrons. The van der Waals surface area contributed by atoms with Crippen molar-refractivity contribution in [3.63, 3.8) is 0 Å². The van der Waals surface area contributed by atoms with Gasteiger partial charge in [0.2, 0.25) is 0 Å². The maximum atomic E-state index is 11.3. The Kier molecular flexibility index (Phi) is 7.90. The van der Waals surface area contributed by atoms with Crippen molar-refractivity contribution in [3.05, 3.63) is 0 Å². The van der Waals surface area contributed by atoms with E-state index >= 15 is 0 Å². The molecule has 0 aromatic rings. The summed E-state index contributed by atoms with van der Waals surface area (Å²) in [6.07, 6.45) is 6.71. The summed E-state index contributed by atoms with van der Waals surface area (Å²) < 4.78 is -0.597. The molecule has 0 spiro atoms. The van der Waals surface area contributed by atoms with Crippen LogP contribution in [0, 0.1) is 0 Å². The number of rotatable bonds is 9. The summed E-state index contributed by atoms with van der Waals surface area (Å²) in [6.45, 7) is 8.17. The van der Waals surface area contributed by atoms with E-state index in [1.54, 1.807) is 11.8 Å². The molecule has 0 bridgehead atoms. The summed E-state index contributed by atoms with van der Waals surface area (Å²) in [7, 11) is 0. The van der Waals surface area contributed by atoms with Crippen LogP contribution < -0.4 is 0 Å². The van der Waals surface area contributed by atoms with Gasteiger partial charge in [0, 0.05) is 5.25 Å². The van der Waals surface area contributed by atoms with E-state index in [-0.39, 0.29) is 0 Å². The van der Waals surface area contributed by atoms with Crippen molar-refractivity contribution in [3.8, 4) is 0 Å². The molecule has 0 aliphatic carbocycles. The van der Waals surface area contributed by atoms with Crippen LogP contribution in [0.5, 0.6) is 0 Å². The number of hydrogen-bond acceptors (Lipinski definition) is 2. The van der Waals surface area contributed by atoms with Crippen LogP contribution in [0.1, 0.15) is 66.2 Å². The van der Waals surface area contributed by atoms with Gasteiger partial charge in [-0.05, 0) is 13.3 Å². The molecule has 3 heteroatoms. The average Bonchev–Trinajstić information content (AvgIpc) is 2.16. The first-order chi connectivity index (χ1) is 7.42. The van der Waals surface area contributed by atoms with Gasteiger partial charge in [-0.1, -0.05) is 52.9 Å². The van der Waals surface area contributed by atoms with Crippen molar-refractivity contribution in [1.82, 2.24) is 0 Å². The number of thioether (sulfide) groups is 1. The summed E-state index contributed by atoms with van der Waals surface area (Å²) in [5.41, 5.74) is 0. The van der Waals surface area contributed by atoms with Crippen LogP contribution >= 0.6 is 11.8 Å². The highest BCUT2D eigenvalue weighted by Gasteiger charge is 2.33. The van der Waals surface area contributed by atoms with Crippen molar-refractivity contribution in [2.45, 2.75) is 76.2 Å². The molecule has 0 saturated carbocycles. The molecule has 0 aromatic carbocycles. The van der Waals surface area contributed by atoms with E-state index in [1.807, 2.05) is 6.92 Å². The molecular formula is C13H26O2S. The van der Waals surface area contributed by atoms with Crippen molar-refractivity contribution in [1.29, 1.82) is 0 Å². The number of carboxylic acid groups (broad SMARTS) is 1. The van der Waals surface area contributed by atoms with E-state index < -0.39 is 10.7 Å². The molecule has 0 rings (SSSR count). The van der Waals surface area contributed by atoms with Crippen LogP contribution in [0.2, 0.25) is 0 Å². The smallest absolute Gasteiger partial charge is 0.319 e. The third-order valence-corrected chi connectivity index (χ3v) is 4.08. The Labute approximate surface area is 104 Å². The molecular weight excluding hydrogens is 220 g/mol. The lowest BCUT2D eigenvalue weighted by molar-refractivity contribution is -0.139. The van der Waals surface area contributed by atoms with E-state index in [9.17, 15) is 9.90 Å². The molecule has 0 aliphatic heterocycles. The lowest BCUT2D eigenvalue weighted by Crippen LogP contribution is -2.32. The Hall–Kier alpha value is -0.180. The zero-order chi connectivity index (χ0) is 12.6. The second kappa shape index (κ2) is 7.99. The standard InChI is InChI=1S/C13H26O2S/c1-5-6-7-8-9-10-13(4,12(14)15)16-11(2)3/h11H,5-10H2,1-4H3,(H,14,15). The largest absolute Gasteiger partial charge is 0.480 e. The molecule has 0 aliphatic rings. The molecule has 0 amide bonds. The molecule has 0 aromatic heterocycles. The topological polar surface area (TPSA) is 37.3 Å². The number of unbranched alkanes of at least 4 members (excludes halogenated alkanes) is 4. The molecule has 0 fully saturated rings. The number of carbonyl (C=O) groups is 1. The molecule has 2 nitrogen and oxygen atoms in total. The van der Waals surface area contributed by atoms with Gasteiger partial charge in [0.1, 0.15) is 4.75 Å². The first-order valence-corrected chi connectivity index (χ1v) is 7.21. The third kappa shape index (κ3) is 6.41. The van der Waals surface area contributed by atoms with Crippen molar-refractivity contribution in [2.24, 2.45) is 0 Å². The Bertz CT molecular complexity index is 204. The molecule has 1 atom stereocenters. The van der Waals surface area contributed by atoms with Crippen LogP contribution in [0.3, 0.4) is 0 Å². The van der Waals surface area contributed by atoms with Gasteiger partial charge < -0.3 is 5.11 Å². The second-order valence-corrected chi connectivity index (χ2v) is 6.95. The van der Waals surface area contributed by atoms with Crippen LogP contribution in [-0.2, 0) is 4.79 Å². The maximum absolute atomic E-state index is 11.3. The minimum Gasteiger partial charge on any atom is -0.480 e. The Balaban J connectivity index is 3.98. The molecule has 0 saturated heterocycles. The first kappa shape index (κ1) is 15.8. The van der Waals surface area contributed by atoms with Gasteiger partial charge in [0.15, 0.2) is 0 Å². The van der Waals surface area contributed by atoms with Gasteiger partial charge in [-0.2, -0.15) is 0 Å². The van der Waals surface area contributed by atoms with Gasteiger partial charge in [-0.15, -0.1) is 11.8 Å². The minimum absolute atomic E-state index is 0.372. The van der Waals surface area contributed by atoms with Gasteiger partial charge in [0.05, 0.1) is 0 Å². The second-order valence-electron chi connectivity index (χ2n) is 4.87. The normalized spacial score (nSPS) is 15.1. The van der Waals surface area contributed by atoms with E-state index in [0.717, 1.165) is 19.3 Å². The number of aliphatic carboxylic acids is 1. The zero-order valence-corrected chi connectivity index (χ0v) is 11.9. The molecule has 16 heavy (non-hydrogen) atoms. The minimum atomic E-state index is -0.665. The van der Waals surface area contributed by atoms with Gasteiger partial charge in [-0.25, -0.2) is 0 Å². The highest BCUT2D eigenvalue weighted by molar-refractivity contribution is 8.01. The van der Waals surface area contributed by atoms with Crippen LogP contribution in [0.4, 0.5) is 0 Å². The fourth-order valence-corrected chi connectivity index (χ4v) is 3.21. The monoisotopic (exact) mass is 246 g/mol. The molecule has 1 N–H and O–H groups in total. The predicted octanol–water partition coefficient (Wildman–Crippen LogP) is 4.33.